The van der Waals surface area contributed by atoms with Crippen molar-refractivity contribution in [3.8, 4) is 23.0 Å². The summed E-state index contributed by atoms with van der Waals surface area (Å²) in [6, 6.07) is 23.7. The number of ketones is 2. The fourth-order valence-electron chi connectivity index (χ4n) is 7.79. The molecule has 5 aromatic rings. The lowest BCUT2D eigenvalue weighted by Crippen LogP contribution is -2.48. The van der Waals surface area contributed by atoms with Gasteiger partial charge in [0.2, 0.25) is 18.2 Å². The van der Waals surface area contributed by atoms with Crippen molar-refractivity contribution < 1.29 is 42.7 Å². The summed E-state index contributed by atoms with van der Waals surface area (Å²) in [5.74, 6) is -2.31. The summed E-state index contributed by atoms with van der Waals surface area (Å²) in [6.45, 7) is 10.5. The van der Waals surface area contributed by atoms with Crippen molar-refractivity contribution in [2.75, 3.05) is 28.4 Å². The largest absolute Gasteiger partial charge is 0.496 e. The molecule has 0 saturated carbocycles. The van der Waals surface area contributed by atoms with Crippen LogP contribution in [-0.2, 0) is 9.72 Å². The SMILES string of the molecule is COc1cccc(OC)c1C(=O)P(=O)(C(=O)c1c(OC)cccc1OC)C(C(=O)c1c(C)cc(C)cc1C)(C(=O)c1c(C)cc(C)cc1C)c1ccccc1. The molecule has 0 amide bonds. The number of methoxy groups -OCH3 is 4. The summed E-state index contributed by atoms with van der Waals surface area (Å²) in [6.07, 6.45) is 0. The Morgan fingerprint density at radius 3 is 1.05 bits per heavy atom. The van der Waals surface area contributed by atoms with Crippen LogP contribution in [-0.4, -0.2) is 51.1 Å². The number of Topliss-reactive ketones (excluding diaryl/α,β-unsaturated/α-hetero) is 2. The molecule has 0 aliphatic rings. The van der Waals surface area contributed by atoms with E-state index in [1.165, 1.54) is 64.8 Å². The van der Waals surface area contributed by atoms with E-state index in [2.05, 4.69) is 0 Å². The number of ether oxygens (including phenoxy) is 4. The van der Waals surface area contributed by atoms with Crippen LogP contribution in [0.25, 0.3) is 0 Å². The molecule has 0 N–H and O–H groups in total. The highest BCUT2D eigenvalue weighted by Gasteiger charge is 2.69. The molecule has 0 bridgehead atoms. The minimum atomic E-state index is -5.81. The van der Waals surface area contributed by atoms with Crippen LogP contribution < -0.4 is 18.9 Å². The number of hydrogen-bond donors (Lipinski definition) is 0. The maximum Gasteiger partial charge on any atom is 0.246 e. The van der Waals surface area contributed by atoms with Gasteiger partial charge in [-0.25, -0.2) is 0 Å². The molecule has 0 heterocycles. The van der Waals surface area contributed by atoms with E-state index >= 15 is 23.7 Å². The first-order chi connectivity index (χ1) is 26.1. The van der Waals surface area contributed by atoms with Crippen molar-refractivity contribution in [2.45, 2.75) is 46.7 Å². The summed E-state index contributed by atoms with van der Waals surface area (Å²) in [4.78, 5) is 64.4. The topological polar surface area (TPSA) is 122 Å². The summed E-state index contributed by atoms with van der Waals surface area (Å²) in [7, 11) is -0.588. The lowest BCUT2D eigenvalue weighted by molar-refractivity contribution is 0.0807. The lowest BCUT2D eigenvalue weighted by Gasteiger charge is -2.39. The van der Waals surface area contributed by atoms with Crippen LogP contribution in [0.15, 0.2) is 91.0 Å². The Balaban J connectivity index is 2.16. The van der Waals surface area contributed by atoms with Gasteiger partial charge in [-0.15, -0.1) is 0 Å². The van der Waals surface area contributed by atoms with Gasteiger partial charge in [-0.1, -0.05) is 77.9 Å². The van der Waals surface area contributed by atoms with Gasteiger partial charge in [0.05, 0.1) is 28.4 Å². The number of aryl methyl sites for hydroxylation is 6. The molecule has 0 radical (unpaired) electrons. The Morgan fingerprint density at radius 2 is 0.764 bits per heavy atom. The van der Waals surface area contributed by atoms with Gasteiger partial charge >= 0.3 is 0 Å². The van der Waals surface area contributed by atoms with Gasteiger partial charge in [0.1, 0.15) is 34.1 Å². The fraction of sp³-hybridized carbons (Fsp3) is 0.244. The maximum atomic E-state index is 17.4. The van der Waals surface area contributed by atoms with Crippen LogP contribution >= 0.6 is 7.14 Å². The van der Waals surface area contributed by atoms with Crippen molar-refractivity contribution in [3.63, 3.8) is 0 Å². The van der Waals surface area contributed by atoms with Gasteiger partial charge in [0.15, 0.2) is 16.7 Å². The Morgan fingerprint density at radius 1 is 0.455 bits per heavy atom. The van der Waals surface area contributed by atoms with Crippen LogP contribution in [0, 0.1) is 41.5 Å². The smallest absolute Gasteiger partial charge is 0.246 e. The van der Waals surface area contributed by atoms with E-state index in [0.29, 0.717) is 22.3 Å². The van der Waals surface area contributed by atoms with Crippen LogP contribution in [0.1, 0.15) is 80.4 Å². The second-order valence-electron chi connectivity index (χ2n) is 13.6. The third kappa shape index (κ3) is 6.57. The molecule has 0 aromatic heterocycles. The molecule has 0 saturated heterocycles. The van der Waals surface area contributed by atoms with Crippen molar-refractivity contribution in [2.24, 2.45) is 0 Å². The summed E-state index contributed by atoms with van der Waals surface area (Å²) in [5.41, 5.74) is 0.0864. The number of carbonyl (C=O) groups excluding carboxylic acids is 4. The van der Waals surface area contributed by atoms with Crippen LogP contribution in [0.2, 0.25) is 0 Å². The third-order valence-corrected chi connectivity index (χ3v) is 13.2. The Labute approximate surface area is 322 Å². The van der Waals surface area contributed by atoms with Crippen molar-refractivity contribution >= 4 is 29.8 Å². The zero-order valence-electron chi connectivity index (χ0n) is 32.8. The van der Waals surface area contributed by atoms with Gasteiger partial charge in [-0.3, -0.25) is 19.2 Å². The molecule has 5 aromatic carbocycles. The van der Waals surface area contributed by atoms with E-state index < -0.39 is 34.9 Å². The highest BCUT2D eigenvalue weighted by atomic mass is 31.2. The first-order valence-electron chi connectivity index (χ1n) is 17.6. The molecular formula is C45H45O9P. The Bertz CT molecular complexity index is 2160. The maximum absolute atomic E-state index is 17.4. The highest BCUT2D eigenvalue weighted by molar-refractivity contribution is 7.97. The second kappa shape index (κ2) is 15.9. The number of hydrogen-bond acceptors (Lipinski definition) is 9. The quantitative estimate of drug-likeness (QED) is 0.0619. The van der Waals surface area contributed by atoms with Gasteiger partial charge < -0.3 is 23.5 Å². The van der Waals surface area contributed by atoms with Crippen molar-refractivity contribution in [3.05, 3.63) is 152 Å². The van der Waals surface area contributed by atoms with Crippen molar-refractivity contribution in [1.29, 1.82) is 0 Å². The normalized spacial score (nSPS) is 11.5. The molecular weight excluding hydrogens is 715 g/mol. The summed E-state index contributed by atoms with van der Waals surface area (Å²) in [5, 5.41) is -3.00. The minimum absolute atomic E-state index is 0.0463. The predicted octanol–water partition coefficient (Wildman–Crippen LogP) is 9.58. The number of benzene rings is 5. The summed E-state index contributed by atoms with van der Waals surface area (Å²) < 4.78 is 39.9. The molecule has 9 nitrogen and oxygen atoms in total. The molecule has 5 rings (SSSR count). The van der Waals surface area contributed by atoms with E-state index in [0.717, 1.165) is 11.1 Å². The van der Waals surface area contributed by atoms with E-state index in [-0.39, 0.29) is 50.8 Å². The van der Waals surface area contributed by atoms with E-state index in [1.807, 2.05) is 13.8 Å². The monoisotopic (exact) mass is 760 g/mol. The zero-order valence-corrected chi connectivity index (χ0v) is 33.7. The van der Waals surface area contributed by atoms with E-state index in [4.69, 9.17) is 18.9 Å². The van der Waals surface area contributed by atoms with E-state index in [1.54, 1.807) is 82.3 Å². The van der Waals surface area contributed by atoms with Crippen LogP contribution in [0.3, 0.4) is 0 Å². The first-order valence-corrected chi connectivity index (χ1v) is 19.3. The van der Waals surface area contributed by atoms with Gasteiger partial charge in [0.25, 0.3) is 0 Å². The average Bonchev–Trinajstić information content (AvgIpc) is 3.16. The number of carbonyl (C=O) groups is 4. The zero-order chi connectivity index (χ0) is 40.4. The summed E-state index contributed by atoms with van der Waals surface area (Å²) >= 11 is 0. The molecule has 55 heavy (non-hydrogen) atoms. The Hall–Kier alpha value is -5.79. The number of rotatable bonds is 14. The predicted molar refractivity (Wildman–Crippen MR) is 213 cm³/mol. The van der Waals surface area contributed by atoms with Crippen LogP contribution in [0.4, 0.5) is 0 Å². The molecule has 284 valence electrons. The van der Waals surface area contributed by atoms with Gasteiger partial charge in [0, 0.05) is 11.1 Å². The molecule has 0 aliphatic heterocycles. The Kier molecular flexibility index (Phi) is 11.7. The second-order valence-corrected chi connectivity index (χ2v) is 16.3. The van der Waals surface area contributed by atoms with Gasteiger partial charge in [-0.2, -0.15) is 0 Å². The third-order valence-electron chi connectivity index (χ3n) is 9.98. The highest BCUT2D eigenvalue weighted by Crippen LogP contribution is 2.71. The molecule has 0 spiro atoms. The van der Waals surface area contributed by atoms with Crippen molar-refractivity contribution in [1.82, 2.24) is 0 Å². The first kappa shape index (κ1) is 40.4. The molecule has 0 fully saturated rings. The average molecular weight is 761 g/mol. The van der Waals surface area contributed by atoms with Gasteiger partial charge in [-0.05, 0) is 93.6 Å². The fourth-order valence-corrected chi connectivity index (χ4v) is 11.0. The molecule has 0 unspecified atom stereocenters. The minimum Gasteiger partial charge on any atom is -0.496 e. The molecule has 10 heteroatoms. The molecule has 0 atom stereocenters. The van der Waals surface area contributed by atoms with Crippen LogP contribution in [0.5, 0.6) is 23.0 Å². The molecule has 0 aliphatic carbocycles. The lowest BCUT2D eigenvalue weighted by atomic mass is 9.79. The van der Waals surface area contributed by atoms with E-state index in [9.17, 15) is 0 Å². The standard InChI is InChI=1S/C45H45O9P/c1-26-22-28(3)37(29(4)23-26)41(46)45(32-16-12-11-13-17-32,42(47)38-30(5)24-27(2)25-31(38)6)55(50,43(48)39-33(51-7)18-14-19-34(39)52-8)44(49)40-35(53-9)20-15-21-36(40)54-10/h11-25H,1-10H3.